The Morgan fingerprint density at radius 1 is 1.05 bits per heavy atom. The first-order valence-electron chi connectivity index (χ1n) is 12.8. The monoisotopic (exact) mass is 542 g/mol. The van der Waals surface area contributed by atoms with Crippen LogP contribution >= 0.6 is 11.6 Å². The normalized spacial score (nSPS) is 28.4. The van der Waals surface area contributed by atoms with Gasteiger partial charge in [0.05, 0.1) is 16.5 Å². The highest BCUT2D eigenvalue weighted by atomic mass is 35.5. The Hall–Kier alpha value is -4.08. The SMILES string of the molecule is Cc1c(Cl)ccc2c1NC(=O)[C@@]21[C@H](C(=O)c2cccc([N+](=O)[O-])c2)[C@]2(C(=O)Nc3ccccc32)[C@@H]2CCCN21. The van der Waals surface area contributed by atoms with Crippen molar-refractivity contribution in [2.45, 2.75) is 36.8 Å². The summed E-state index contributed by atoms with van der Waals surface area (Å²) in [7, 11) is 0. The summed E-state index contributed by atoms with van der Waals surface area (Å²) < 4.78 is 0. The number of nitro benzene ring substituents is 1. The molecule has 0 bridgehead atoms. The Balaban J connectivity index is 1.58. The summed E-state index contributed by atoms with van der Waals surface area (Å²) in [5.74, 6) is -2.42. The third-order valence-electron chi connectivity index (χ3n) is 9.10. The van der Waals surface area contributed by atoms with Gasteiger partial charge in [-0.25, -0.2) is 0 Å². The molecule has 0 saturated carbocycles. The first-order chi connectivity index (χ1) is 18.7. The van der Waals surface area contributed by atoms with Crippen molar-refractivity contribution in [3.8, 4) is 0 Å². The summed E-state index contributed by atoms with van der Waals surface area (Å²) in [6, 6.07) is 15.8. The van der Waals surface area contributed by atoms with Crippen molar-refractivity contribution in [3.63, 3.8) is 0 Å². The number of hydrogen-bond acceptors (Lipinski definition) is 6. The van der Waals surface area contributed by atoms with Crippen LogP contribution in [-0.4, -0.2) is 40.0 Å². The van der Waals surface area contributed by atoms with Gasteiger partial charge in [-0.2, -0.15) is 0 Å². The zero-order chi connectivity index (χ0) is 27.3. The maximum absolute atomic E-state index is 14.8. The van der Waals surface area contributed by atoms with Gasteiger partial charge in [0.15, 0.2) is 5.78 Å². The number of anilines is 2. The summed E-state index contributed by atoms with van der Waals surface area (Å²) in [5.41, 5.74) is 0.0279. The summed E-state index contributed by atoms with van der Waals surface area (Å²) in [5, 5.41) is 18.1. The first-order valence-corrected chi connectivity index (χ1v) is 13.2. The molecule has 4 atom stereocenters. The molecule has 10 heteroatoms. The lowest BCUT2D eigenvalue weighted by Crippen LogP contribution is -2.55. The van der Waals surface area contributed by atoms with E-state index < -0.39 is 39.5 Å². The molecular formula is C29H23ClN4O5. The van der Waals surface area contributed by atoms with Crippen molar-refractivity contribution in [1.82, 2.24) is 4.90 Å². The lowest BCUT2D eigenvalue weighted by atomic mass is 9.60. The van der Waals surface area contributed by atoms with Gasteiger partial charge in [-0.05, 0) is 49.6 Å². The molecule has 0 unspecified atom stereocenters. The van der Waals surface area contributed by atoms with Crippen molar-refractivity contribution < 1.29 is 19.3 Å². The minimum absolute atomic E-state index is 0.0817. The van der Waals surface area contributed by atoms with Crippen molar-refractivity contribution in [3.05, 3.63) is 98.1 Å². The number of amides is 2. The molecule has 2 fully saturated rings. The average molecular weight is 543 g/mol. The fraction of sp³-hybridized carbons (Fsp3) is 0.276. The number of para-hydroxylation sites is 1. The highest BCUT2D eigenvalue weighted by Gasteiger charge is 2.78. The maximum Gasteiger partial charge on any atom is 0.270 e. The van der Waals surface area contributed by atoms with Crippen LogP contribution in [0.4, 0.5) is 17.1 Å². The molecular weight excluding hydrogens is 520 g/mol. The van der Waals surface area contributed by atoms with Gasteiger partial charge >= 0.3 is 0 Å². The van der Waals surface area contributed by atoms with Crippen LogP contribution in [0.15, 0.2) is 60.7 Å². The Morgan fingerprint density at radius 3 is 2.64 bits per heavy atom. The van der Waals surface area contributed by atoms with E-state index >= 15 is 0 Å². The molecule has 4 aliphatic rings. The lowest BCUT2D eigenvalue weighted by molar-refractivity contribution is -0.384. The summed E-state index contributed by atoms with van der Waals surface area (Å²) in [6.45, 7) is 2.32. The topological polar surface area (TPSA) is 122 Å². The fourth-order valence-corrected chi connectivity index (χ4v) is 7.83. The molecule has 3 aromatic rings. The average Bonchev–Trinajstić information content (AvgIpc) is 3.65. The van der Waals surface area contributed by atoms with E-state index in [-0.39, 0.29) is 17.2 Å². The molecule has 0 aromatic heterocycles. The number of Topliss-reactive ketones (excluding diaryl/α,β-unsaturated/α-hetero) is 1. The second-order valence-electron chi connectivity index (χ2n) is 10.6. The number of nitrogens with one attached hydrogen (secondary N) is 2. The predicted molar refractivity (Wildman–Crippen MR) is 144 cm³/mol. The molecule has 4 aliphatic heterocycles. The van der Waals surface area contributed by atoms with Gasteiger partial charge in [0.2, 0.25) is 11.8 Å². The highest BCUT2D eigenvalue weighted by molar-refractivity contribution is 6.32. The molecule has 196 valence electrons. The number of rotatable bonds is 3. The van der Waals surface area contributed by atoms with E-state index in [0.29, 0.717) is 46.1 Å². The van der Waals surface area contributed by atoms with E-state index in [0.717, 1.165) is 6.42 Å². The highest BCUT2D eigenvalue weighted by Crippen LogP contribution is 2.66. The summed E-state index contributed by atoms with van der Waals surface area (Å²) in [6.07, 6.45) is 1.36. The van der Waals surface area contributed by atoms with Gasteiger partial charge in [-0.15, -0.1) is 0 Å². The standard InChI is InChI=1S/C29H23ClN4O5/c1-15-20(30)12-11-19-23(15)32-27(37)29(19)25(24(35)16-6-4-7-17(14-16)34(38)39)28(22-10-5-13-33(22)29)18-8-2-3-9-21(18)31-26(28)36/h2-4,6-9,11-12,14,22,25H,5,10,13H2,1H3,(H,31,36)(H,32,37)/t22-,25+,28+,29-/m0/s1. The molecule has 0 radical (unpaired) electrons. The Labute approximate surface area is 228 Å². The van der Waals surface area contributed by atoms with Gasteiger partial charge < -0.3 is 10.6 Å². The van der Waals surface area contributed by atoms with E-state index in [1.54, 1.807) is 18.2 Å². The molecule has 2 amide bonds. The first kappa shape index (κ1) is 24.0. The molecule has 4 heterocycles. The second kappa shape index (κ2) is 7.97. The number of halogens is 1. The van der Waals surface area contributed by atoms with Crippen LogP contribution in [0.3, 0.4) is 0 Å². The van der Waals surface area contributed by atoms with Crippen molar-refractivity contribution in [2.75, 3.05) is 17.2 Å². The Bertz CT molecular complexity index is 1660. The van der Waals surface area contributed by atoms with Crippen LogP contribution in [0.1, 0.15) is 39.9 Å². The molecule has 9 nitrogen and oxygen atoms in total. The zero-order valence-electron chi connectivity index (χ0n) is 20.9. The Kier molecular flexibility index (Phi) is 4.90. The van der Waals surface area contributed by atoms with Gasteiger partial charge in [0.1, 0.15) is 11.0 Å². The van der Waals surface area contributed by atoms with E-state index in [2.05, 4.69) is 10.6 Å². The van der Waals surface area contributed by atoms with Gasteiger partial charge in [0, 0.05) is 40.0 Å². The number of fused-ring (bicyclic) bond motifs is 7. The minimum atomic E-state index is -1.51. The van der Waals surface area contributed by atoms with E-state index in [9.17, 15) is 24.5 Å². The van der Waals surface area contributed by atoms with E-state index in [4.69, 9.17) is 11.6 Å². The van der Waals surface area contributed by atoms with Gasteiger partial charge in [-0.1, -0.05) is 48.0 Å². The third kappa shape index (κ3) is 2.76. The second-order valence-corrected chi connectivity index (χ2v) is 11.0. The van der Waals surface area contributed by atoms with Crippen LogP contribution in [0, 0.1) is 23.0 Å². The van der Waals surface area contributed by atoms with Crippen LogP contribution < -0.4 is 10.6 Å². The van der Waals surface area contributed by atoms with Gasteiger partial charge in [0.25, 0.3) is 5.69 Å². The van der Waals surface area contributed by atoms with E-state index in [1.807, 2.05) is 30.0 Å². The van der Waals surface area contributed by atoms with Crippen molar-refractivity contribution in [1.29, 1.82) is 0 Å². The minimum Gasteiger partial charge on any atom is -0.325 e. The zero-order valence-corrected chi connectivity index (χ0v) is 21.6. The van der Waals surface area contributed by atoms with Gasteiger partial charge in [-0.3, -0.25) is 29.4 Å². The van der Waals surface area contributed by atoms with Crippen LogP contribution in [0.25, 0.3) is 0 Å². The number of ketones is 1. The number of carbonyl (C=O) groups excluding carboxylic acids is 3. The van der Waals surface area contributed by atoms with E-state index in [1.165, 1.54) is 24.3 Å². The fourth-order valence-electron chi connectivity index (χ4n) is 7.67. The molecule has 0 aliphatic carbocycles. The number of benzene rings is 3. The number of non-ortho nitro benzene ring substituents is 1. The van der Waals surface area contributed by atoms with Crippen LogP contribution in [-0.2, 0) is 20.5 Å². The summed E-state index contributed by atoms with van der Waals surface area (Å²) >= 11 is 6.44. The molecule has 2 N–H and O–H groups in total. The number of nitro groups is 1. The molecule has 3 aromatic carbocycles. The summed E-state index contributed by atoms with van der Waals surface area (Å²) in [4.78, 5) is 56.5. The van der Waals surface area contributed by atoms with Crippen LogP contribution in [0.5, 0.6) is 0 Å². The predicted octanol–water partition coefficient (Wildman–Crippen LogP) is 4.57. The number of carbonyl (C=O) groups is 3. The lowest BCUT2D eigenvalue weighted by Gasteiger charge is -2.38. The largest absolute Gasteiger partial charge is 0.325 e. The smallest absolute Gasteiger partial charge is 0.270 e. The molecule has 39 heavy (non-hydrogen) atoms. The Morgan fingerprint density at radius 2 is 1.85 bits per heavy atom. The number of nitrogens with zero attached hydrogens (tertiary/aromatic N) is 2. The molecule has 2 saturated heterocycles. The van der Waals surface area contributed by atoms with Crippen molar-refractivity contribution >= 4 is 46.3 Å². The molecule has 7 rings (SSSR count). The van der Waals surface area contributed by atoms with Crippen LogP contribution in [0.2, 0.25) is 5.02 Å². The molecule has 2 spiro atoms. The quantitative estimate of drug-likeness (QED) is 0.284. The number of hydrogen-bond donors (Lipinski definition) is 2. The maximum atomic E-state index is 14.8. The third-order valence-corrected chi connectivity index (χ3v) is 9.51. The van der Waals surface area contributed by atoms with Crippen molar-refractivity contribution in [2.24, 2.45) is 5.92 Å².